The van der Waals surface area contributed by atoms with Crippen LogP contribution in [0.1, 0.15) is 33.1 Å². The Hall–Kier alpha value is -0.300. The maximum Gasteiger partial charge on any atom is 0.0224 e. The Morgan fingerprint density at radius 2 is 2.40 bits per heavy atom. The van der Waals surface area contributed by atoms with E-state index in [1.54, 1.807) is 0 Å². The van der Waals surface area contributed by atoms with Gasteiger partial charge in [-0.2, -0.15) is 0 Å². The van der Waals surface area contributed by atoms with Gasteiger partial charge in [-0.3, -0.25) is 0 Å². The third kappa shape index (κ3) is 2.14. The van der Waals surface area contributed by atoms with Crippen LogP contribution in [0.25, 0.3) is 0 Å². The first-order valence-electron chi connectivity index (χ1n) is 4.25. The van der Waals surface area contributed by atoms with E-state index in [2.05, 4.69) is 31.3 Å². The third-order valence-electron chi connectivity index (χ3n) is 1.98. The second-order valence-electron chi connectivity index (χ2n) is 3.10. The summed E-state index contributed by atoms with van der Waals surface area (Å²) in [7, 11) is 0. The number of hydrogen-bond acceptors (Lipinski definition) is 1. The summed E-state index contributed by atoms with van der Waals surface area (Å²) in [5.74, 6) is 0. The predicted molar refractivity (Wildman–Crippen MR) is 45.1 cm³/mol. The van der Waals surface area contributed by atoms with Crippen molar-refractivity contribution in [1.82, 2.24) is 5.32 Å². The van der Waals surface area contributed by atoms with Gasteiger partial charge in [-0.25, -0.2) is 0 Å². The van der Waals surface area contributed by atoms with E-state index < -0.39 is 0 Å². The standard InChI is InChI=1S/C9H17N/c1-3-5-9-7-4-6-8(2)10-9/h4,6,8-10H,3,5,7H2,1-2H3/t8-,9-/m1/s1. The number of hydrogen-bond donors (Lipinski definition) is 1. The zero-order valence-corrected chi connectivity index (χ0v) is 6.93. The van der Waals surface area contributed by atoms with Crippen LogP contribution < -0.4 is 5.32 Å². The minimum absolute atomic E-state index is 0.588. The first-order chi connectivity index (χ1) is 4.83. The largest absolute Gasteiger partial charge is 0.308 e. The third-order valence-corrected chi connectivity index (χ3v) is 1.98. The Morgan fingerprint density at radius 1 is 1.60 bits per heavy atom. The first-order valence-corrected chi connectivity index (χ1v) is 4.25. The zero-order chi connectivity index (χ0) is 7.40. The van der Waals surface area contributed by atoms with Crippen LogP contribution in [0.5, 0.6) is 0 Å². The van der Waals surface area contributed by atoms with Gasteiger partial charge < -0.3 is 5.32 Å². The van der Waals surface area contributed by atoms with Crippen molar-refractivity contribution in [3.05, 3.63) is 12.2 Å². The summed E-state index contributed by atoms with van der Waals surface area (Å²) in [6.07, 6.45) is 8.36. The fourth-order valence-electron chi connectivity index (χ4n) is 1.49. The Balaban J connectivity index is 2.29. The predicted octanol–water partition coefficient (Wildman–Crippen LogP) is 2.09. The first kappa shape index (κ1) is 7.80. The fraction of sp³-hybridized carbons (Fsp3) is 0.778. The average Bonchev–Trinajstić information content (AvgIpc) is 1.88. The monoisotopic (exact) mass is 139 g/mol. The fourth-order valence-corrected chi connectivity index (χ4v) is 1.49. The quantitative estimate of drug-likeness (QED) is 0.578. The highest BCUT2D eigenvalue weighted by Gasteiger charge is 2.11. The van der Waals surface area contributed by atoms with Gasteiger partial charge in [0.05, 0.1) is 0 Å². The number of nitrogens with one attached hydrogen (secondary N) is 1. The Morgan fingerprint density at radius 3 is 3.00 bits per heavy atom. The molecule has 58 valence electrons. The smallest absolute Gasteiger partial charge is 0.0224 e. The summed E-state index contributed by atoms with van der Waals surface area (Å²) < 4.78 is 0. The molecule has 0 radical (unpaired) electrons. The Bertz CT molecular complexity index is 118. The van der Waals surface area contributed by atoms with Crippen molar-refractivity contribution in [2.24, 2.45) is 0 Å². The van der Waals surface area contributed by atoms with Crippen molar-refractivity contribution in [2.75, 3.05) is 0 Å². The summed E-state index contributed by atoms with van der Waals surface area (Å²) in [6.45, 7) is 4.45. The molecule has 1 aliphatic rings. The van der Waals surface area contributed by atoms with Crippen LogP contribution >= 0.6 is 0 Å². The highest BCUT2D eigenvalue weighted by atomic mass is 14.9. The molecule has 2 atom stereocenters. The lowest BCUT2D eigenvalue weighted by atomic mass is 10.0. The molecule has 10 heavy (non-hydrogen) atoms. The van der Waals surface area contributed by atoms with Gasteiger partial charge >= 0.3 is 0 Å². The Labute approximate surface area is 63.5 Å². The molecule has 0 aliphatic carbocycles. The molecular formula is C9H17N. The molecule has 0 bridgehead atoms. The van der Waals surface area contributed by atoms with E-state index in [0.29, 0.717) is 6.04 Å². The van der Waals surface area contributed by atoms with Crippen LogP contribution in [-0.4, -0.2) is 12.1 Å². The van der Waals surface area contributed by atoms with Gasteiger partial charge in [0.15, 0.2) is 0 Å². The molecule has 1 N–H and O–H groups in total. The van der Waals surface area contributed by atoms with Crippen molar-refractivity contribution >= 4 is 0 Å². The lowest BCUT2D eigenvalue weighted by Gasteiger charge is -2.23. The van der Waals surface area contributed by atoms with Crippen LogP contribution in [0.2, 0.25) is 0 Å². The van der Waals surface area contributed by atoms with Gasteiger partial charge in [-0.1, -0.05) is 25.5 Å². The molecule has 0 fully saturated rings. The van der Waals surface area contributed by atoms with Crippen molar-refractivity contribution in [2.45, 2.75) is 45.2 Å². The molecule has 0 aromatic heterocycles. The van der Waals surface area contributed by atoms with Gasteiger partial charge in [0.2, 0.25) is 0 Å². The van der Waals surface area contributed by atoms with Gasteiger partial charge in [0.25, 0.3) is 0 Å². The van der Waals surface area contributed by atoms with Crippen LogP contribution in [0, 0.1) is 0 Å². The summed E-state index contributed by atoms with van der Waals surface area (Å²) in [5.41, 5.74) is 0. The zero-order valence-electron chi connectivity index (χ0n) is 6.93. The molecule has 0 saturated carbocycles. The second kappa shape index (κ2) is 3.77. The van der Waals surface area contributed by atoms with Gasteiger partial charge in [-0.05, 0) is 19.8 Å². The van der Waals surface area contributed by atoms with E-state index in [1.807, 2.05) is 0 Å². The lowest BCUT2D eigenvalue weighted by Crippen LogP contribution is -2.37. The van der Waals surface area contributed by atoms with Gasteiger partial charge in [0, 0.05) is 12.1 Å². The molecule has 1 heterocycles. The summed E-state index contributed by atoms with van der Waals surface area (Å²) in [6, 6.07) is 1.33. The van der Waals surface area contributed by atoms with Gasteiger partial charge in [0.1, 0.15) is 0 Å². The van der Waals surface area contributed by atoms with E-state index in [-0.39, 0.29) is 0 Å². The van der Waals surface area contributed by atoms with Crippen molar-refractivity contribution in [3.63, 3.8) is 0 Å². The summed E-state index contributed by atoms with van der Waals surface area (Å²) in [5, 5.41) is 3.53. The van der Waals surface area contributed by atoms with Crippen LogP contribution in [-0.2, 0) is 0 Å². The normalized spacial score (nSPS) is 32.6. The molecule has 1 rings (SSSR count). The molecular weight excluding hydrogens is 122 g/mol. The summed E-state index contributed by atoms with van der Waals surface area (Å²) >= 11 is 0. The minimum Gasteiger partial charge on any atom is -0.308 e. The van der Waals surface area contributed by atoms with E-state index in [0.717, 1.165) is 6.04 Å². The number of rotatable bonds is 2. The van der Waals surface area contributed by atoms with E-state index in [1.165, 1.54) is 19.3 Å². The Kier molecular flexibility index (Phi) is 2.94. The topological polar surface area (TPSA) is 12.0 Å². The lowest BCUT2D eigenvalue weighted by molar-refractivity contribution is 0.439. The highest BCUT2D eigenvalue weighted by Crippen LogP contribution is 2.08. The second-order valence-corrected chi connectivity index (χ2v) is 3.10. The van der Waals surface area contributed by atoms with E-state index >= 15 is 0 Å². The molecule has 0 spiro atoms. The molecule has 0 aromatic carbocycles. The highest BCUT2D eigenvalue weighted by molar-refractivity contribution is 4.99. The molecule has 0 aromatic rings. The molecule has 1 heteroatoms. The van der Waals surface area contributed by atoms with Crippen LogP contribution in [0.4, 0.5) is 0 Å². The molecule has 0 unspecified atom stereocenters. The van der Waals surface area contributed by atoms with Gasteiger partial charge in [-0.15, -0.1) is 0 Å². The SMILES string of the molecule is CCC[C@@H]1CC=C[C@@H](C)N1. The van der Waals surface area contributed by atoms with Crippen molar-refractivity contribution < 1.29 is 0 Å². The maximum atomic E-state index is 3.53. The average molecular weight is 139 g/mol. The van der Waals surface area contributed by atoms with E-state index in [9.17, 15) is 0 Å². The van der Waals surface area contributed by atoms with Crippen molar-refractivity contribution in [1.29, 1.82) is 0 Å². The van der Waals surface area contributed by atoms with Crippen molar-refractivity contribution in [3.8, 4) is 0 Å². The summed E-state index contributed by atoms with van der Waals surface area (Å²) in [4.78, 5) is 0. The van der Waals surface area contributed by atoms with Crippen LogP contribution in [0.15, 0.2) is 12.2 Å². The molecule has 1 aliphatic heterocycles. The van der Waals surface area contributed by atoms with Crippen LogP contribution in [0.3, 0.4) is 0 Å². The minimum atomic E-state index is 0.588. The molecule has 0 amide bonds. The molecule has 1 nitrogen and oxygen atoms in total. The maximum absolute atomic E-state index is 3.53. The van der Waals surface area contributed by atoms with E-state index in [4.69, 9.17) is 0 Å². The molecule has 0 saturated heterocycles.